The number of fused-ring (bicyclic) bond motifs is 1. The second-order valence-corrected chi connectivity index (χ2v) is 6.32. The van der Waals surface area contributed by atoms with Gasteiger partial charge in [-0.05, 0) is 24.0 Å². The van der Waals surface area contributed by atoms with Crippen molar-refractivity contribution in [2.75, 3.05) is 18.1 Å². The summed E-state index contributed by atoms with van der Waals surface area (Å²) in [7, 11) is 0. The summed E-state index contributed by atoms with van der Waals surface area (Å²) in [5.41, 5.74) is 0.597. The monoisotopic (exact) mass is 292 g/mol. The van der Waals surface area contributed by atoms with E-state index in [2.05, 4.69) is 5.32 Å². The average Bonchev–Trinajstić information content (AvgIpc) is 2.53. The molecule has 1 aromatic carbocycles. The number of alkyl halides is 1. The van der Waals surface area contributed by atoms with Gasteiger partial charge >= 0.3 is 0 Å². The van der Waals surface area contributed by atoms with Gasteiger partial charge < -0.3 is 10.2 Å². The van der Waals surface area contributed by atoms with Gasteiger partial charge in [-0.1, -0.05) is 32.9 Å². The van der Waals surface area contributed by atoms with Crippen molar-refractivity contribution in [3.05, 3.63) is 29.8 Å². The van der Waals surface area contributed by atoms with Gasteiger partial charge in [-0.25, -0.2) is 0 Å². The van der Waals surface area contributed by atoms with E-state index < -0.39 is 18.1 Å². The minimum Gasteiger partial charge on any atom is -0.340 e. The normalized spacial score (nSPS) is 19.0. The number of carbonyl (C=O) groups excluding carboxylic acids is 2. The third kappa shape index (κ3) is 3.06. The molecule has 4 nitrogen and oxygen atoms in total. The number of rotatable bonds is 3. The standard InChI is InChI=1S/C16H21FN2O2/c1-16(2,3)13-15(21)19(10-6-9-17)12-8-5-4-7-11(12)14(20)18-13/h4-5,7-8,13H,6,9-10H2,1-3H3,(H,18,20). The highest BCUT2D eigenvalue weighted by Crippen LogP contribution is 2.29. The summed E-state index contributed by atoms with van der Waals surface area (Å²) in [6.07, 6.45) is 0.255. The topological polar surface area (TPSA) is 49.4 Å². The minimum absolute atomic E-state index is 0.186. The van der Waals surface area contributed by atoms with Gasteiger partial charge in [0.25, 0.3) is 5.91 Å². The van der Waals surface area contributed by atoms with E-state index in [1.54, 1.807) is 24.3 Å². The van der Waals surface area contributed by atoms with Crippen LogP contribution in [0.1, 0.15) is 37.6 Å². The van der Waals surface area contributed by atoms with Gasteiger partial charge in [-0.3, -0.25) is 14.0 Å². The molecule has 0 aromatic heterocycles. The second-order valence-electron chi connectivity index (χ2n) is 6.32. The summed E-state index contributed by atoms with van der Waals surface area (Å²) in [6.45, 7) is 5.49. The van der Waals surface area contributed by atoms with E-state index in [1.807, 2.05) is 20.8 Å². The first kappa shape index (κ1) is 15.5. The van der Waals surface area contributed by atoms with Gasteiger partial charge in [0.2, 0.25) is 5.91 Å². The van der Waals surface area contributed by atoms with Gasteiger partial charge in [0.15, 0.2) is 0 Å². The predicted octanol–water partition coefficient (Wildman–Crippen LogP) is 2.54. The molecule has 5 heteroatoms. The number of halogens is 1. The van der Waals surface area contributed by atoms with Gasteiger partial charge in [-0.15, -0.1) is 0 Å². The van der Waals surface area contributed by atoms with Crippen LogP contribution in [0.5, 0.6) is 0 Å². The fourth-order valence-corrected chi connectivity index (χ4v) is 2.48. The van der Waals surface area contributed by atoms with Crippen LogP contribution in [-0.2, 0) is 4.79 Å². The Morgan fingerprint density at radius 2 is 1.90 bits per heavy atom. The van der Waals surface area contributed by atoms with Gasteiger partial charge in [0.1, 0.15) is 6.04 Å². The molecule has 0 spiro atoms. The molecule has 1 aromatic rings. The van der Waals surface area contributed by atoms with Crippen molar-refractivity contribution in [1.29, 1.82) is 0 Å². The average molecular weight is 292 g/mol. The number of nitrogens with one attached hydrogen (secondary N) is 1. The smallest absolute Gasteiger partial charge is 0.254 e. The lowest BCUT2D eigenvalue weighted by atomic mass is 9.86. The molecular weight excluding hydrogens is 271 g/mol. The van der Waals surface area contributed by atoms with Gasteiger partial charge in [0.05, 0.1) is 17.9 Å². The summed E-state index contributed by atoms with van der Waals surface area (Å²) < 4.78 is 12.5. The fraction of sp³-hybridized carbons (Fsp3) is 0.500. The zero-order chi connectivity index (χ0) is 15.6. The van der Waals surface area contributed by atoms with E-state index >= 15 is 0 Å². The molecule has 2 rings (SSSR count). The zero-order valence-corrected chi connectivity index (χ0v) is 12.6. The SMILES string of the molecule is CC(C)(C)C1NC(=O)c2ccccc2N(CCCF)C1=O. The Kier molecular flexibility index (Phi) is 4.30. The van der Waals surface area contributed by atoms with Crippen LogP contribution < -0.4 is 10.2 Å². The first-order valence-corrected chi connectivity index (χ1v) is 7.13. The maximum atomic E-state index is 12.8. The molecule has 21 heavy (non-hydrogen) atoms. The number of benzene rings is 1. The fourth-order valence-electron chi connectivity index (χ4n) is 2.48. The molecule has 0 aliphatic carbocycles. The molecule has 1 aliphatic rings. The number of hydrogen-bond donors (Lipinski definition) is 1. The van der Waals surface area contributed by atoms with Crippen LogP contribution >= 0.6 is 0 Å². The van der Waals surface area contributed by atoms with Gasteiger partial charge in [-0.2, -0.15) is 0 Å². The molecule has 0 radical (unpaired) electrons. The van der Waals surface area contributed by atoms with Crippen LogP contribution in [0.3, 0.4) is 0 Å². The minimum atomic E-state index is -0.628. The number of amides is 2. The lowest BCUT2D eigenvalue weighted by molar-refractivity contribution is -0.122. The molecule has 0 saturated heterocycles. The van der Waals surface area contributed by atoms with Crippen molar-refractivity contribution in [3.63, 3.8) is 0 Å². The predicted molar refractivity (Wildman–Crippen MR) is 80.1 cm³/mol. The quantitative estimate of drug-likeness (QED) is 0.930. The third-order valence-corrected chi connectivity index (χ3v) is 3.61. The molecule has 114 valence electrons. The van der Waals surface area contributed by atoms with Crippen molar-refractivity contribution in [1.82, 2.24) is 5.32 Å². The number of nitrogens with zero attached hydrogens (tertiary/aromatic N) is 1. The highest BCUT2D eigenvalue weighted by Gasteiger charge is 2.39. The molecule has 0 fully saturated rings. The Balaban J connectivity index is 2.49. The van der Waals surface area contributed by atoms with Crippen LogP contribution in [-0.4, -0.2) is 31.1 Å². The largest absolute Gasteiger partial charge is 0.340 e. The van der Waals surface area contributed by atoms with Crippen molar-refractivity contribution in [2.24, 2.45) is 5.41 Å². The van der Waals surface area contributed by atoms with Crippen molar-refractivity contribution in [3.8, 4) is 0 Å². The van der Waals surface area contributed by atoms with E-state index in [0.717, 1.165) is 0 Å². The van der Waals surface area contributed by atoms with Crippen molar-refractivity contribution in [2.45, 2.75) is 33.2 Å². The summed E-state index contributed by atoms with van der Waals surface area (Å²) in [5, 5.41) is 2.81. The Bertz CT molecular complexity index is 551. The van der Waals surface area contributed by atoms with Crippen LogP contribution in [0.15, 0.2) is 24.3 Å². The molecule has 0 saturated carbocycles. The van der Waals surface area contributed by atoms with Crippen LogP contribution in [0.25, 0.3) is 0 Å². The summed E-state index contributed by atoms with van der Waals surface area (Å²) in [5.74, 6) is -0.448. The summed E-state index contributed by atoms with van der Waals surface area (Å²) in [4.78, 5) is 26.7. The molecule has 1 unspecified atom stereocenters. The number of hydrogen-bond acceptors (Lipinski definition) is 2. The van der Waals surface area contributed by atoms with E-state index in [0.29, 0.717) is 11.3 Å². The molecule has 1 N–H and O–H groups in total. The Hall–Kier alpha value is -1.91. The van der Waals surface area contributed by atoms with E-state index in [-0.39, 0.29) is 24.8 Å². The summed E-state index contributed by atoms with van der Waals surface area (Å²) in [6, 6.07) is 6.33. The van der Waals surface area contributed by atoms with Crippen LogP contribution in [0.4, 0.5) is 10.1 Å². The van der Waals surface area contributed by atoms with E-state index in [4.69, 9.17) is 0 Å². The maximum Gasteiger partial charge on any atom is 0.254 e. The van der Waals surface area contributed by atoms with Gasteiger partial charge in [0, 0.05) is 6.54 Å². The zero-order valence-electron chi connectivity index (χ0n) is 12.6. The first-order chi connectivity index (χ1) is 9.86. The number of para-hydroxylation sites is 1. The molecular formula is C16H21FN2O2. The molecule has 1 aliphatic heterocycles. The molecule has 1 heterocycles. The van der Waals surface area contributed by atoms with E-state index in [9.17, 15) is 14.0 Å². The Morgan fingerprint density at radius 1 is 1.24 bits per heavy atom. The van der Waals surface area contributed by atoms with Crippen molar-refractivity contribution < 1.29 is 14.0 Å². The maximum absolute atomic E-state index is 12.8. The Labute approximate surface area is 124 Å². The number of anilines is 1. The second kappa shape index (κ2) is 5.84. The highest BCUT2D eigenvalue weighted by molar-refractivity contribution is 6.11. The lowest BCUT2D eigenvalue weighted by Gasteiger charge is -2.32. The first-order valence-electron chi connectivity index (χ1n) is 7.13. The molecule has 1 atom stereocenters. The van der Waals surface area contributed by atoms with E-state index in [1.165, 1.54) is 4.90 Å². The lowest BCUT2D eigenvalue weighted by Crippen LogP contribution is -2.53. The van der Waals surface area contributed by atoms with Crippen LogP contribution in [0, 0.1) is 5.41 Å². The van der Waals surface area contributed by atoms with Crippen LogP contribution in [0.2, 0.25) is 0 Å². The van der Waals surface area contributed by atoms with Crippen molar-refractivity contribution >= 4 is 17.5 Å². The molecule has 0 bridgehead atoms. The molecule has 2 amide bonds. The third-order valence-electron chi connectivity index (χ3n) is 3.61. The Morgan fingerprint density at radius 3 is 2.52 bits per heavy atom. The summed E-state index contributed by atoms with van der Waals surface area (Å²) >= 11 is 0. The highest BCUT2D eigenvalue weighted by atomic mass is 19.1. The number of carbonyl (C=O) groups is 2.